The Kier molecular flexibility index (Phi) is 9.77. The molecule has 0 amide bonds. The third-order valence-electron chi connectivity index (χ3n) is 21.2. The van der Waals surface area contributed by atoms with Crippen LogP contribution in [-0.4, -0.2) is 65.1 Å². The van der Waals surface area contributed by atoms with Crippen LogP contribution in [0.3, 0.4) is 0 Å². The third kappa shape index (κ3) is 5.42. The highest BCUT2D eigenvalue weighted by Gasteiger charge is 2.93. The average Bonchev–Trinajstić information content (AvgIpc) is 3.76. The zero-order chi connectivity index (χ0) is 43.1. The Morgan fingerprint density at radius 1 is 0.891 bits per heavy atom. The summed E-state index contributed by atoms with van der Waals surface area (Å²) >= 11 is 0. The van der Waals surface area contributed by atoms with Crippen molar-refractivity contribution in [1.82, 2.24) is 9.80 Å². The Bertz CT molecular complexity index is 2210. The summed E-state index contributed by atoms with van der Waals surface area (Å²) in [6.07, 6.45) is 26.2. The number of carbonyl (C=O) groups is 2. The number of allylic oxidation sites excluding steroid dienone is 2. The second-order valence-corrected chi connectivity index (χ2v) is 23.9. The van der Waals surface area contributed by atoms with Gasteiger partial charge in [0.15, 0.2) is 11.4 Å². The largest absolute Gasteiger partial charge is 0.509 e. The van der Waals surface area contributed by atoms with Crippen molar-refractivity contribution in [3.63, 3.8) is 0 Å². The van der Waals surface area contributed by atoms with E-state index in [2.05, 4.69) is 34.9 Å². The topological polar surface area (TPSA) is 105 Å². The van der Waals surface area contributed by atoms with Gasteiger partial charge >= 0.3 is 11.9 Å². The van der Waals surface area contributed by atoms with E-state index in [1.165, 1.54) is 95.5 Å². The number of aryl methyl sites for hydroxylation is 1. The molecule has 16 rings (SSSR count). The highest BCUT2D eigenvalue weighted by molar-refractivity contribution is 6.00. The van der Waals surface area contributed by atoms with Crippen LogP contribution in [0.15, 0.2) is 52.1 Å². The molecule has 64 heavy (non-hydrogen) atoms. The number of aliphatic hydroxyl groups is 1. The van der Waals surface area contributed by atoms with Crippen LogP contribution < -0.4 is 5.73 Å². The van der Waals surface area contributed by atoms with E-state index in [1.807, 2.05) is 0 Å². The molecule has 0 aromatic heterocycles. The zero-order valence-corrected chi connectivity index (χ0v) is 38.9. The highest BCUT2D eigenvalue weighted by atomic mass is 16.6. The molecule has 3 N–H and O–H groups in total. The fourth-order valence-electron chi connectivity index (χ4n) is 19.0. The molecule has 2 spiro atoms. The van der Waals surface area contributed by atoms with E-state index in [9.17, 15) is 9.90 Å². The molecule has 12 atom stereocenters. The molecule has 9 heterocycles. The fourth-order valence-corrected chi connectivity index (χ4v) is 19.0. The zero-order valence-electron chi connectivity index (χ0n) is 38.9. The first-order chi connectivity index (χ1) is 31.3. The lowest BCUT2D eigenvalue weighted by atomic mass is 9.28. The Morgan fingerprint density at radius 3 is 2.52 bits per heavy atom. The molecule has 3 saturated carbocycles. The Morgan fingerprint density at radius 2 is 1.70 bits per heavy atom. The number of rotatable bonds is 8. The minimum Gasteiger partial charge on any atom is -0.509 e. The molecule has 3 saturated heterocycles. The summed E-state index contributed by atoms with van der Waals surface area (Å²) in [5.41, 5.74) is 12.0. The summed E-state index contributed by atoms with van der Waals surface area (Å²) in [5, 5.41) is 13.3. The predicted octanol–water partition coefficient (Wildman–Crippen LogP) is 10.8. The van der Waals surface area contributed by atoms with Gasteiger partial charge in [0, 0.05) is 61.2 Å². The number of carbonyl (C=O) groups excluding carboxylic acids is 2. The molecule has 12 bridgehead atoms. The molecule has 15 aliphatic rings. The number of piperidine rings is 2. The summed E-state index contributed by atoms with van der Waals surface area (Å²) in [6.45, 7) is 6.42. The highest BCUT2D eigenvalue weighted by Crippen LogP contribution is 2.87. The average molecular weight is 870 g/mol. The predicted molar refractivity (Wildman–Crippen MR) is 247 cm³/mol. The van der Waals surface area contributed by atoms with Crippen LogP contribution in [0.5, 0.6) is 0 Å². The summed E-state index contributed by atoms with van der Waals surface area (Å²) < 4.78 is 14.3. The van der Waals surface area contributed by atoms with Gasteiger partial charge in [0.1, 0.15) is 11.2 Å². The van der Waals surface area contributed by atoms with Crippen LogP contribution in [0, 0.1) is 58.2 Å². The normalized spacial score (nSPS) is 42.2. The Balaban J connectivity index is 1.06. The van der Waals surface area contributed by atoms with Crippen molar-refractivity contribution in [3.05, 3.63) is 68.8 Å². The van der Waals surface area contributed by atoms with Gasteiger partial charge in [-0.2, -0.15) is 0 Å². The maximum absolute atomic E-state index is 16.1. The third-order valence-corrected chi connectivity index (χ3v) is 21.2. The standard InChI is InChI=1S/C56H75N3O5/c1-33-26-38-18-21-45-39-27-36-30-58(32-39)40(28-35-12-6-3-7-13-35)29-46(60)51-54-24-23-42-43(20-19-41(33)49(42)50(38)59(45)31-36)55(54,53(62)63-51)47(22-17-34-10-4-2-5-11-34)56(54)44-16-8-14-37(15-9-25-57)48(44)52(61)64-56/h8,14,16,33-36,39-41,45,47,49,60H,2-7,9-13,15,17-32,57H2,1H3. The van der Waals surface area contributed by atoms with Crippen LogP contribution in [0.25, 0.3) is 0 Å². The number of esters is 2. The van der Waals surface area contributed by atoms with Gasteiger partial charge in [-0.05, 0) is 131 Å². The molecule has 12 unspecified atom stereocenters. The first-order valence-electron chi connectivity index (χ1n) is 26.9. The fraction of sp³-hybridized carbons (Fsp3) is 0.750. The Labute approximate surface area is 382 Å². The van der Waals surface area contributed by atoms with Crippen LogP contribution in [0.2, 0.25) is 0 Å². The summed E-state index contributed by atoms with van der Waals surface area (Å²) in [6, 6.07) is 7.15. The molecule has 9 aliphatic heterocycles. The minimum atomic E-state index is -1.09. The quantitative estimate of drug-likeness (QED) is 0.197. The number of ether oxygens (including phenoxy) is 2. The van der Waals surface area contributed by atoms with Crippen molar-refractivity contribution < 1.29 is 24.2 Å². The summed E-state index contributed by atoms with van der Waals surface area (Å²) in [7, 11) is 0. The number of aliphatic hydroxyl groups excluding tert-OH is 1. The van der Waals surface area contributed by atoms with Crippen LogP contribution in [0.1, 0.15) is 176 Å². The first-order valence-corrected chi connectivity index (χ1v) is 26.9. The van der Waals surface area contributed by atoms with Crippen molar-refractivity contribution in [2.24, 2.45) is 63.9 Å². The maximum Gasteiger partial charge on any atom is 0.339 e. The van der Waals surface area contributed by atoms with Crippen molar-refractivity contribution in [1.29, 1.82) is 0 Å². The number of hydrogen-bond acceptors (Lipinski definition) is 8. The molecule has 344 valence electrons. The minimum absolute atomic E-state index is 0.152. The van der Waals surface area contributed by atoms with Crippen LogP contribution >= 0.6 is 0 Å². The number of nitrogens with zero attached hydrogens (tertiary/aromatic N) is 2. The van der Waals surface area contributed by atoms with E-state index in [1.54, 1.807) is 16.8 Å². The molecule has 8 heteroatoms. The molecule has 6 aliphatic carbocycles. The van der Waals surface area contributed by atoms with Gasteiger partial charge in [-0.1, -0.05) is 106 Å². The molecular weight excluding hydrogens is 795 g/mol. The van der Waals surface area contributed by atoms with Gasteiger partial charge in [0.25, 0.3) is 0 Å². The van der Waals surface area contributed by atoms with E-state index >= 15 is 4.79 Å². The van der Waals surface area contributed by atoms with E-state index < -0.39 is 16.4 Å². The number of hydrogen-bond donors (Lipinski definition) is 2. The molecule has 0 radical (unpaired) electrons. The number of fused-ring (bicyclic) bond motifs is 2. The molecular formula is C56H75N3O5. The van der Waals surface area contributed by atoms with E-state index in [4.69, 9.17) is 15.2 Å². The summed E-state index contributed by atoms with van der Waals surface area (Å²) in [5.74, 6) is 4.13. The Hall–Kier alpha value is -3.10. The van der Waals surface area contributed by atoms with E-state index in [0.29, 0.717) is 84.6 Å². The van der Waals surface area contributed by atoms with Gasteiger partial charge in [-0.25, -0.2) is 4.79 Å². The summed E-state index contributed by atoms with van der Waals surface area (Å²) in [4.78, 5) is 36.8. The van der Waals surface area contributed by atoms with Gasteiger partial charge < -0.3 is 25.2 Å². The molecule has 6 fully saturated rings. The molecule has 1 aromatic rings. The van der Waals surface area contributed by atoms with Gasteiger partial charge in [0.2, 0.25) is 0 Å². The van der Waals surface area contributed by atoms with Crippen molar-refractivity contribution >= 4 is 11.9 Å². The smallest absolute Gasteiger partial charge is 0.339 e. The van der Waals surface area contributed by atoms with Gasteiger partial charge in [-0.3, -0.25) is 9.69 Å². The van der Waals surface area contributed by atoms with Gasteiger partial charge in [-0.15, -0.1) is 0 Å². The molecule has 1 aromatic carbocycles. The van der Waals surface area contributed by atoms with Crippen LogP contribution in [-0.2, 0) is 26.3 Å². The maximum atomic E-state index is 16.1. The lowest BCUT2D eigenvalue weighted by Crippen LogP contribution is -2.77. The SMILES string of the molecule is CC1CC2=C3C4C5=C(CCC14)C14C(=O)OC(=C(O)CC(CC6CCCCC6)N6CC7CC(C6)C(CC2)N3C7)C1(CC5)C1(OC(=O)c2c(CCCN)cccc21)C4CCC1CCCCC1. The van der Waals surface area contributed by atoms with Gasteiger partial charge in [0.05, 0.1) is 11.0 Å². The lowest BCUT2D eigenvalue weighted by Gasteiger charge is -2.72. The van der Waals surface area contributed by atoms with E-state index in [-0.39, 0.29) is 29.7 Å². The van der Waals surface area contributed by atoms with Crippen LogP contribution in [0.4, 0.5) is 0 Å². The monoisotopic (exact) mass is 870 g/mol. The number of benzene rings is 1. The van der Waals surface area contributed by atoms with Crippen molar-refractivity contribution in [2.75, 3.05) is 26.2 Å². The van der Waals surface area contributed by atoms with E-state index in [0.717, 1.165) is 75.7 Å². The molecule has 8 nitrogen and oxygen atoms in total. The first kappa shape index (κ1) is 41.1. The number of nitrogens with two attached hydrogens (primary N) is 1. The second kappa shape index (κ2) is 15.2. The second-order valence-electron chi connectivity index (χ2n) is 23.9. The lowest BCUT2D eigenvalue weighted by molar-refractivity contribution is -0.279. The van der Waals surface area contributed by atoms with Crippen molar-refractivity contribution in [2.45, 2.75) is 179 Å². The van der Waals surface area contributed by atoms with Crippen molar-refractivity contribution in [3.8, 4) is 0 Å².